The lowest BCUT2D eigenvalue weighted by Gasteiger charge is -2.11. The molecule has 0 unspecified atom stereocenters. The molecule has 7 heteroatoms. The van der Waals surface area contributed by atoms with Gasteiger partial charge in [0.15, 0.2) is 0 Å². The van der Waals surface area contributed by atoms with E-state index in [0.29, 0.717) is 10.7 Å². The number of hydrogen-bond donors (Lipinski definition) is 1. The van der Waals surface area contributed by atoms with Gasteiger partial charge in [0.1, 0.15) is 5.01 Å². The monoisotopic (exact) mass is 418 g/mol. The molecule has 3 heterocycles. The van der Waals surface area contributed by atoms with E-state index in [2.05, 4.69) is 33.0 Å². The molecule has 1 aliphatic carbocycles. The van der Waals surface area contributed by atoms with Crippen molar-refractivity contribution in [1.82, 2.24) is 15.2 Å². The van der Waals surface area contributed by atoms with Crippen LogP contribution in [-0.4, -0.2) is 21.1 Å². The molecular formula is C22H18N4OS2. The van der Waals surface area contributed by atoms with Gasteiger partial charge in [-0.3, -0.25) is 10.1 Å². The predicted octanol–water partition coefficient (Wildman–Crippen LogP) is 5.45. The van der Waals surface area contributed by atoms with Gasteiger partial charge in [0, 0.05) is 10.3 Å². The summed E-state index contributed by atoms with van der Waals surface area (Å²) in [5, 5.41) is 15.6. The molecule has 5 rings (SSSR count). The molecule has 1 amide bonds. The van der Waals surface area contributed by atoms with Crippen LogP contribution in [-0.2, 0) is 12.8 Å². The van der Waals surface area contributed by atoms with Crippen molar-refractivity contribution in [3.8, 4) is 0 Å². The lowest BCUT2D eigenvalue weighted by atomic mass is 10.00. The number of anilines is 1. The molecule has 0 aliphatic heterocycles. The Morgan fingerprint density at radius 3 is 2.86 bits per heavy atom. The molecule has 0 saturated carbocycles. The Bertz CT molecular complexity index is 1240. The van der Waals surface area contributed by atoms with E-state index < -0.39 is 0 Å². The maximum atomic E-state index is 13.3. The maximum Gasteiger partial charge on any atom is 0.258 e. The lowest BCUT2D eigenvalue weighted by molar-refractivity contribution is 0.102. The minimum atomic E-state index is -0.143. The Morgan fingerprint density at radius 2 is 2.07 bits per heavy atom. The second kappa shape index (κ2) is 7.50. The van der Waals surface area contributed by atoms with E-state index in [1.165, 1.54) is 21.8 Å². The summed E-state index contributed by atoms with van der Waals surface area (Å²) < 4.78 is 0. The number of rotatable bonds is 4. The fourth-order valence-corrected chi connectivity index (χ4v) is 5.05. The highest BCUT2D eigenvalue weighted by Crippen LogP contribution is 2.38. The van der Waals surface area contributed by atoms with Crippen LogP contribution in [0.3, 0.4) is 0 Å². The van der Waals surface area contributed by atoms with Crippen molar-refractivity contribution in [2.45, 2.75) is 26.2 Å². The fourth-order valence-electron chi connectivity index (χ4n) is 3.69. The second-order valence-corrected chi connectivity index (χ2v) is 8.87. The SMILES string of the molecule is CCc1nnc(NC(=O)c2c3c(nc4ccccc24)/C(=C/c2cccs2)CC3)s1. The fraction of sp³-hybridized carbons (Fsp3) is 0.182. The van der Waals surface area contributed by atoms with Crippen LogP contribution >= 0.6 is 22.7 Å². The summed E-state index contributed by atoms with van der Waals surface area (Å²) in [6, 6.07) is 12.0. The highest BCUT2D eigenvalue weighted by atomic mass is 32.1. The number of aromatic nitrogens is 3. The number of thiophene rings is 1. The topological polar surface area (TPSA) is 67.8 Å². The molecule has 0 radical (unpaired) electrons. The number of aryl methyl sites for hydroxylation is 1. The van der Waals surface area contributed by atoms with Gasteiger partial charge in [0.05, 0.1) is 16.8 Å². The van der Waals surface area contributed by atoms with Gasteiger partial charge in [-0.15, -0.1) is 21.5 Å². The summed E-state index contributed by atoms with van der Waals surface area (Å²) in [7, 11) is 0. The molecule has 0 spiro atoms. The van der Waals surface area contributed by atoms with E-state index in [1.54, 1.807) is 11.3 Å². The molecule has 0 saturated heterocycles. The van der Waals surface area contributed by atoms with Crippen molar-refractivity contribution in [2.24, 2.45) is 0 Å². The molecule has 0 bridgehead atoms. The molecule has 1 N–H and O–H groups in total. The number of para-hydroxylation sites is 1. The molecule has 144 valence electrons. The van der Waals surface area contributed by atoms with E-state index in [-0.39, 0.29) is 5.91 Å². The van der Waals surface area contributed by atoms with Gasteiger partial charge in [-0.25, -0.2) is 4.98 Å². The minimum absolute atomic E-state index is 0.143. The van der Waals surface area contributed by atoms with Gasteiger partial charge in [-0.05, 0) is 54.0 Å². The summed E-state index contributed by atoms with van der Waals surface area (Å²) >= 11 is 3.13. The summed E-state index contributed by atoms with van der Waals surface area (Å²) in [4.78, 5) is 19.4. The Labute approximate surface area is 176 Å². The van der Waals surface area contributed by atoms with Crippen molar-refractivity contribution in [3.63, 3.8) is 0 Å². The minimum Gasteiger partial charge on any atom is -0.296 e. The van der Waals surface area contributed by atoms with Crippen molar-refractivity contribution in [2.75, 3.05) is 5.32 Å². The molecule has 0 atom stereocenters. The van der Waals surface area contributed by atoms with Gasteiger partial charge < -0.3 is 0 Å². The van der Waals surface area contributed by atoms with E-state index in [0.717, 1.165) is 46.4 Å². The van der Waals surface area contributed by atoms with Crippen molar-refractivity contribution in [3.05, 3.63) is 68.5 Å². The highest BCUT2D eigenvalue weighted by molar-refractivity contribution is 7.15. The zero-order valence-corrected chi connectivity index (χ0v) is 17.4. The quantitative estimate of drug-likeness (QED) is 0.478. The summed E-state index contributed by atoms with van der Waals surface area (Å²) in [5.41, 5.74) is 4.68. The average molecular weight is 419 g/mol. The van der Waals surface area contributed by atoms with Crippen molar-refractivity contribution >= 4 is 56.3 Å². The molecule has 0 fully saturated rings. The van der Waals surface area contributed by atoms with Crippen LogP contribution in [0.1, 0.15) is 44.8 Å². The first kappa shape index (κ1) is 18.1. The molecule has 3 aromatic heterocycles. The van der Waals surface area contributed by atoms with E-state index in [1.807, 2.05) is 37.3 Å². The van der Waals surface area contributed by atoms with Crippen LogP contribution < -0.4 is 5.32 Å². The van der Waals surface area contributed by atoms with Gasteiger partial charge in [0.25, 0.3) is 5.91 Å². The maximum absolute atomic E-state index is 13.3. The number of carbonyl (C=O) groups excluding carboxylic acids is 1. The molecule has 4 aromatic rings. The number of nitrogens with one attached hydrogen (secondary N) is 1. The van der Waals surface area contributed by atoms with E-state index in [9.17, 15) is 4.79 Å². The molecule has 5 nitrogen and oxygen atoms in total. The standard InChI is InChI=1S/C22H18N4OS2/c1-2-18-25-26-22(29-18)24-21(27)19-15-7-3-4-8-17(15)23-20-13(9-10-16(19)20)12-14-6-5-11-28-14/h3-8,11-12H,2,9-10H2,1H3,(H,24,26,27)/b13-12+. The summed E-state index contributed by atoms with van der Waals surface area (Å²) in [6.45, 7) is 2.02. The van der Waals surface area contributed by atoms with Gasteiger partial charge in [-0.1, -0.05) is 42.5 Å². The van der Waals surface area contributed by atoms with E-state index in [4.69, 9.17) is 4.98 Å². The lowest BCUT2D eigenvalue weighted by Crippen LogP contribution is -2.15. The molecule has 29 heavy (non-hydrogen) atoms. The highest BCUT2D eigenvalue weighted by Gasteiger charge is 2.27. The van der Waals surface area contributed by atoms with Crippen LogP contribution in [0.5, 0.6) is 0 Å². The number of benzene rings is 1. The Morgan fingerprint density at radius 1 is 1.17 bits per heavy atom. The number of amides is 1. The van der Waals surface area contributed by atoms with Crippen LogP contribution in [0, 0.1) is 0 Å². The molecule has 1 aliphatic rings. The Balaban J connectivity index is 1.62. The first-order valence-electron chi connectivity index (χ1n) is 9.52. The van der Waals surface area contributed by atoms with Gasteiger partial charge in [-0.2, -0.15) is 0 Å². The Hall–Kier alpha value is -2.90. The third-order valence-corrected chi connectivity index (χ3v) is 6.82. The molecular weight excluding hydrogens is 400 g/mol. The van der Waals surface area contributed by atoms with Crippen molar-refractivity contribution < 1.29 is 4.79 Å². The van der Waals surface area contributed by atoms with Gasteiger partial charge in [0.2, 0.25) is 5.13 Å². The number of pyridine rings is 1. The first-order chi connectivity index (χ1) is 14.2. The van der Waals surface area contributed by atoms with Crippen LogP contribution in [0.25, 0.3) is 22.6 Å². The Kier molecular flexibility index (Phi) is 4.69. The normalized spacial score (nSPS) is 14.4. The molecule has 1 aromatic carbocycles. The van der Waals surface area contributed by atoms with Crippen LogP contribution in [0.2, 0.25) is 0 Å². The number of nitrogens with zero attached hydrogens (tertiary/aromatic N) is 3. The van der Waals surface area contributed by atoms with Crippen LogP contribution in [0.4, 0.5) is 5.13 Å². The average Bonchev–Trinajstić information content (AvgIpc) is 3.48. The smallest absolute Gasteiger partial charge is 0.258 e. The third kappa shape index (κ3) is 3.36. The number of fused-ring (bicyclic) bond motifs is 2. The largest absolute Gasteiger partial charge is 0.296 e. The van der Waals surface area contributed by atoms with Gasteiger partial charge >= 0.3 is 0 Å². The first-order valence-corrected chi connectivity index (χ1v) is 11.2. The van der Waals surface area contributed by atoms with Crippen LogP contribution in [0.15, 0.2) is 41.8 Å². The van der Waals surface area contributed by atoms with Crippen molar-refractivity contribution in [1.29, 1.82) is 0 Å². The zero-order valence-electron chi connectivity index (χ0n) is 15.8. The summed E-state index contributed by atoms with van der Waals surface area (Å²) in [5.74, 6) is -0.143. The predicted molar refractivity (Wildman–Crippen MR) is 119 cm³/mol. The zero-order chi connectivity index (χ0) is 19.8. The van der Waals surface area contributed by atoms with E-state index >= 15 is 0 Å². The number of hydrogen-bond acceptors (Lipinski definition) is 6. The second-order valence-electron chi connectivity index (χ2n) is 6.82. The summed E-state index contributed by atoms with van der Waals surface area (Å²) in [6.07, 6.45) is 4.69. The number of allylic oxidation sites excluding steroid dienone is 1. The third-order valence-electron chi connectivity index (χ3n) is 5.02. The number of carbonyl (C=O) groups is 1.